The molecule has 0 aliphatic heterocycles. The molecular weight excluding hydrogens is 242 g/mol. The van der Waals surface area contributed by atoms with Crippen molar-refractivity contribution in [2.45, 2.75) is 77.9 Å². The second-order valence-electron chi connectivity index (χ2n) is 5.51. The molecule has 0 amide bonds. The van der Waals surface area contributed by atoms with Crippen molar-refractivity contribution in [2.24, 2.45) is 0 Å². The van der Waals surface area contributed by atoms with Crippen LogP contribution in [0, 0.1) is 0 Å². The van der Waals surface area contributed by atoms with Crippen molar-refractivity contribution in [1.29, 1.82) is 0 Å². The molecule has 0 aromatic heterocycles. The summed E-state index contributed by atoms with van der Waals surface area (Å²) in [6, 6.07) is 0. The van der Waals surface area contributed by atoms with Gasteiger partial charge in [-0.2, -0.15) is 0 Å². The number of carboxylic acids is 1. The Morgan fingerprint density at radius 3 is 2.47 bits per heavy atom. The third kappa shape index (κ3) is 8.22. The molecule has 0 rings (SSSR count). The van der Waals surface area contributed by atoms with Crippen LogP contribution >= 0.6 is 0 Å². The largest absolute Gasteiger partial charge is 0.480 e. The van der Waals surface area contributed by atoms with Crippen molar-refractivity contribution in [3.8, 4) is 0 Å². The monoisotopic (exact) mass is 273 g/mol. The lowest BCUT2D eigenvalue weighted by Gasteiger charge is -2.29. The Morgan fingerprint density at radius 1 is 1.26 bits per heavy atom. The number of carbonyl (C=O) groups is 1. The first-order valence-electron chi connectivity index (χ1n) is 7.56. The van der Waals surface area contributed by atoms with Gasteiger partial charge >= 0.3 is 5.97 Å². The fourth-order valence-corrected chi connectivity index (χ4v) is 2.08. The van der Waals surface area contributed by atoms with Gasteiger partial charge < -0.3 is 15.2 Å². The van der Waals surface area contributed by atoms with E-state index >= 15 is 0 Å². The summed E-state index contributed by atoms with van der Waals surface area (Å²) in [5.41, 5.74) is -0.890. The summed E-state index contributed by atoms with van der Waals surface area (Å²) in [6.07, 6.45) is 6.09. The fourth-order valence-electron chi connectivity index (χ4n) is 2.08. The molecule has 0 spiro atoms. The summed E-state index contributed by atoms with van der Waals surface area (Å²) in [7, 11) is 0. The molecule has 19 heavy (non-hydrogen) atoms. The van der Waals surface area contributed by atoms with E-state index in [0.717, 1.165) is 19.4 Å². The highest BCUT2D eigenvalue weighted by Crippen LogP contribution is 2.16. The molecule has 0 fully saturated rings. The van der Waals surface area contributed by atoms with Crippen LogP contribution in [0.2, 0.25) is 0 Å². The van der Waals surface area contributed by atoms with E-state index < -0.39 is 11.5 Å². The van der Waals surface area contributed by atoms with Gasteiger partial charge in [0.1, 0.15) is 5.54 Å². The molecule has 0 saturated carbocycles. The van der Waals surface area contributed by atoms with E-state index in [-0.39, 0.29) is 6.10 Å². The van der Waals surface area contributed by atoms with Crippen LogP contribution in [0.3, 0.4) is 0 Å². The second-order valence-corrected chi connectivity index (χ2v) is 5.51. The molecule has 0 bridgehead atoms. The van der Waals surface area contributed by atoms with Crippen LogP contribution in [0.15, 0.2) is 0 Å². The zero-order valence-corrected chi connectivity index (χ0v) is 13.0. The molecule has 4 nitrogen and oxygen atoms in total. The summed E-state index contributed by atoms with van der Waals surface area (Å²) in [5, 5.41) is 12.4. The number of hydrogen-bond acceptors (Lipinski definition) is 3. The number of rotatable bonds is 12. The summed E-state index contributed by atoms with van der Waals surface area (Å²) in [6.45, 7) is 9.34. The molecule has 0 aliphatic carbocycles. The van der Waals surface area contributed by atoms with Crippen LogP contribution in [0.25, 0.3) is 0 Å². The Hall–Kier alpha value is -0.610. The maximum Gasteiger partial charge on any atom is 0.323 e. The first-order chi connectivity index (χ1) is 8.96. The highest BCUT2D eigenvalue weighted by Gasteiger charge is 2.34. The molecule has 114 valence electrons. The van der Waals surface area contributed by atoms with Crippen molar-refractivity contribution in [3.05, 3.63) is 0 Å². The summed E-state index contributed by atoms with van der Waals surface area (Å²) in [4.78, 5) is 11.4. The minimum Gasteiger partial charge on any atom is -0.480 e. The smallest absolute Gasteiger partial charge is 0.323 e. The zero-order valence-electron chi connectivity index (χ0n) is 13.0. The maximum absolute atomic E-state index is 11.4. The van der Waals surface area contributed by atoms with Gasteiger partial charge in [-0.3, -0.25) is 4.79 Å². The van der Waals surface area contributed by atoms with Gasteiger partial charge in [-0.15, -0.1) is 0 Å². The minimum atomic E-state index is -0.890. The normalized spacial score (nSPS) is 16.0. The molecule has 0 radical (unpaired) electrons. The standard InChI is InChI=1S/C15H31NO3/c1-5-7-8-9-11-19-13(3)12-15(4,14(17)18)16-10-6-2/h13,16H,5-12H2,1-4H3,(H,17,18). The minimum absolute atomic E-state index is 0.0351. The molecule has 0 saturated heterocycles. The van der Waals surface area contributed by atoms with Crippen molar-refractivity contribution < 1.29 is 14.6 Å². The average Bonchev–Trinajstić information content (AvgIpc) is 2.36. The second kappa shape index (κ2) is 10.2. The van der Waals surface area contributed by atoms with Gasteiger partial charge in [-0.1, -0.05) is 33.1 Å². The van der Waals surface area contributed by atoms with Crippen LogP contribution < -0.4 is 5.32 Å². The predicted molar refractivity (Wildman–Crippen MR) is 78.5 cm³/mol. The quantitative estimate of drug-likeness (QED) is 0.536. The van der Waals surface area contributed by atoms with E-state index in [1.807, 2.05) is 13.8 Å². The van der Waals surface area contributed by atoms with Crippen molar-refractivity contribution in [1.82, 2.24) is 5.32 Å². The number of carboxylic acid groups (broad SMARTS) is 1. The van der Waals surface area contributed by atoms with E-state index in [2.05, 4.69) is 12.2 Å². The van der Waals surface area contributed by atoms with E-state index in [4.69, 9.17) is 4.74 Å². The van der Waals surface area contributed by atoms with Gasteiger partial charge in [-0.05, 0) is 33.2 Å². The van der Waals surface area contributed by atoms with Gasteiger partial charge in [0.05, 0.1) is 6.10 Å². The van der Waals surface area contributed by atoms with Gasteiger partial charge in [0.2, 0.25) is 0 Å². The molecular formula is C15H31NO3. The van der Waals surface area contributed by atoms with E-state index in [1.54, 1.807) is 6.92 Å². The van der Waals surface area contributed by atoms with E-state index in [1.165, 1.54) is 19.3 Å². The molecule has 0 heterocycles. The van der Waals surface area contributed by atoms with Gasteiger partial charge in [0.15, 0.2) is 0 Å². The lowest BCUT2D eigenvalue weighted by molar-refractivity contribution is -0.146. The summed E-state index contributed by atoms with van der Waals surface area (Å²) in [5.74, 6) is -0.803. The van der Waals surface area contributed by atoms with Gasteiger partial charge in [0, 0.05) is 13.0 Å². The molecule has 0 aromatic rings. The highest BCUT2D eigenvalue weighted by atomic mass is 16.5. The molecule has 0 aromatic carbocycles. The Morgan fingerprint density at radius 2 is 1.95 bits per heavy atom. The van der Waals surface area contributed by atoms with E-state index in [0.29, 0.717) is 13.0 Å². The van der Waals surface area contributed by atoms with Crippen LogP contribution in [0.1, 0.15) is 66.2 Å². The van der Waals surface area contributed by atoms with Gasteiger partial charge in [0.25, 0.3) is 0 Å². The number of nitrogens with one attached hydrogen (secondary N) is 1. The fraction of sp³-hybridized carbons (Fsp3) is 0.933. The lowest BCUT2D eigenvalue weighted by Crippen LogP contribution is -2.51. The molecule has 2 unspecified atom stereocenters. The van der Waals surface area contributed by atoms with E-state index in [9.17, 15) is 9.90 Å². The van der Waals surface area contributed by atoms with Crippen molar-refractivity contribution in [3.63, 3.8) is 0 Å². The van der Waals surface area contributed by atoms with Crippen molar-refractivity contribution >= 4 is 5.97 Å². The maximum atomic E-state index is 11.4. The zero-order chi connectivity index (χ0) is 14.7. The lowest BCUT2D eigenvalue weighted by atomic mass is 9.94. The first kappa shape index (κ1) is 18.4. The Labute approximate surface area is 117 Å². The number of unbranched alkanes of at least 4 members (excludes halogenated alkanes) is 3. The Kier molecular flexibility index (Phi) is 9.88. The predicted octanol–water partition coefficient (Wildman–Crippen LogP) is 3.20. The number of aliphatic carboxylic acids is 1. The Balaban J connectivity index is 4.02. The Bertz CT molecular complexity index is 246. The topological polar surface area (TPSA) is 58.6 Å². The number of hydrogen-bond donors (Lipinski definition) is 2. The van der Waals surface area contributed by atoms with Crippen LogP contribution in [-0.4, -0.2) is 35.9 Å². The molecule has 0 aliphatic rings. The molecule has 4 heteroatoms. The summed E-state index contributed by atoms with van der Waals surface area (Å²) >= 11 is 0. The van der Waals surface area contributed by atoms with Crippen LogP contribution in [0.5, 0.6) is 0 Å². The third-order valence-corrected chi connectivity index (χ3v) is 3.33. The SMILES string of the molecule is CCCCCCOC(C)CC(C)(NCCC)C(=O)O. The van der Waals surface area contributed by atoms with Crippen molar-refractivity contribution in [2.75, 3.05) is 13.2 Å². The number of ether oxygens (including phenoxy) is 1. The molecule has 2 atom stereocenters. The summed E-state index contributed by atoms with van der Waals surface area (Å²) < 4.78 is 5.71. The first-order valence-corrected chi connectivity index (χ1v) is 7.56. The highest BCUT2D eigenvalue weighted by molar-refractivity contribution is 5.78. The molecule has 2 N–H and O–H groups in total. The third-order valence-electron chi connectivity index (χ3n) is 3.33. The average molecular weight is 273 g/mol. The van der Waals surface area contributed by atoms with Crippen LogP contribution in [-0.2, 0) is 9.53 Å². The van der Waals surface area contributed by atoms with Crippen LogP contribution in [0.4, 0.5) is 0 Å². The van der Waals surface area contributed by atoms with Gasteiger partial charge in [-0.25, -0.2) is 0 Å².